The lowest BCUT2D eigenvalue weighted by Crippen LogP contribution is -2.07. The maximum atomic E-state index is 8.89. The van der Waals surface area contributed by atoms with Crippen LogP contribution in [-0.4, -0.2) is 5.75 Å². The minimum Gasteiger partial charge on any atom is -0.399 e. The molecule has 4 heteroatoms. The van der Waals surface area contributed by atoms with E-state index in [0.29, 0.717) is 10.7 Å². The van der Waals surface area contributed by atoms with Gasteiger partial charge < -0.3 is 5.73 Å². The number of hydrogen-bond donors (Lipinski definition) is 1. The monoisotopic (exact) mass is 268 g/mol. The number of rotatable bonds is 5. The number of thioether (sulfide) groups is 1. The number of halogens is 1. The van der Waals surface area contributed by atoms with E-state index < -0.39 is 0 Å². The topological polar surface area (TPSA) is 49.8 Å². The van der Waals surface area contributed by atoms with E-state index in [1.54, 1.807) is 17.8 Å². The summed E-state index contributed by atoms with van der Waals surface area (Å²) in [5.74, 6) is 0.967. The van der Waals surface area contributed by atoms with Crippen molar-refractivity contribution in [3.63, 3.8) is 0 Å². The second-order valence-corrected chi connectivity index (χ2v) is 6.18. The smallest absolute Gasteiger partial charge is 0.0683 e. The summed E-state index contributed by atoms with van der Waals surface area (Å²) < 4.78 is 0. The van der Waals surface area contributed by atoms with Gasteiger partial charge in [-0.15, -0.1) is 11.8 Å². The molecule has 0 atom stereocenters. The Kier molecular flexibility index (Phi) is 5.17. The molecule has 0 aromatic heterocycles. The molecule has 2 N–H and O–H groups in total. The first-order valence-electron chi connectivity index (χ1n) is 5.54. The van der Waals surface area contributed by atoms with Gasteiger partial charge in [0.15, 0.2) is 0 Å². The van der Waals surface area contributed by atoms with Crippen LogP contribution < -0.4 is 5.73 Å². The van der Waals surface area contributed by atoms with Gasteiger partial charge in [0.05, 0.1) is 16.5 Å². The third-order valence-corrected chi connectivity index (χ3v) is 4.05. The maximum absolute atomic E-state index is 8.89. The van der Waals surface area contributed by atoms with E-state index in [2.05, 4.69) is 6.07 Å². The Morgan fingerprint density at radius 2 is 2.18 bits per heavy atom. The Morgan fingerprint density at radius 1 is 1.47 bits per heavy atom. The Bertz CT molecular complexity index is 424. The Balaban J connectivity index is 2.39. The van der Waals surface area contributed by atoms with Crippen LogP contribution in [0.5, 0.6) is 0 Å². The molecule has 0 heterocycles. The second-order valence-electron chi connectivity index (χ2n) is 4.64. The number of hydrogen-bond acceptors (Lipinski definition) is 3. The summed E-state index contributed by atoms with van der Waals surface area (Å²) in [7, 11) is 0. The molecule has 0 amide bonds. The summed E-state index contributed by atoms with van der Waals surface area (Å²) in [5.41, 5.74) is 6.08. The van der Waals surface area contributed by atoms with Crippen molar-refractivity contribution in [2.24, 2.45) is 5.41 Å². The first kappa shape index (κ1) is 14.2. The fourth-order valence-corrected chi connectivity index (χ4v) is 2.61. The minimum absolute atomic E-state index is 0.231. The Labute approximate surface area is 112 Å². The highest BCUT2D eigenvalue weighted by atomic mass is 35.5. The van der Waals surface area contributed by atoms with Crippen molar-refractivity contribution in [2.45, 2.75) is 31.6 Å². The first-order chi connectivity index (χ1) is 7.94. The van der Waals surface area contributed by atoms with Crippen molar-refractivity contribution in [1.82, 2.24) is 0 Å². The Hall–Kier alpha value is -0.850. The molecule has 0 saturated heterocycles. The average Bonchev–Trinajstić information content (AvgIpc) is 2.27. The van der Waals surface area contributed by atoms with Gasteiger partial charge in [0, 0.05) is 10.6 Å². The molecular formula is C13H17ClN2S. The van der Waals surface area contributed by atoms with Gasteiger partial charge >= 0.3 is 0 Å². The van der Waals surface area contributed by atoms with Crippen LogP contribution in [0.15, 0.2) is 23.1 Å². The SMILES string of the molecule is CC(C)(C#N)CCCSc1ccc(N)cc1Cl. The number of anilines is 1. The predicted molar refractivity (Wildman–Crippen MR) is 75.2 cm³/mol. The highest BCUT2D eigenvalue weighted by molar-refractivity contribution is 7.99. The molecule has 1 aromatic carbocycles. The van der Waals surface area contributed by atoms with E-state index in [1.165, 1.54) is 0 Å². The normalized spacial score (nSPS) is 11.2. The molecule has 1 aromatic rings. The van der Waals surface area contributed by atoms with Gasteiger partial charge in [-0.1, -0.05) is 11.6 Å². The van der Waals surface area contributed by atoms with Crippen molar-refractivity contribution in [2.75, 3.05) is 11.5 Å². The predicted octanol–water partition coefficient (Wildman–Crippen LogP) is 4.34. The Morgan fingerprint density at radius 3 is 2.76 bits per heavy atom. The zero-order valence-electron chi connectivity index (χ0n) is 10.2. The maximum Gasteiger partial charge on any atom is 0.0683 e. The summed E-state index contributed by atoms with van der Waals surface area (Å²) in [6.45, 7) is 3.93. The lowest BCUT2D eigenvalue weighted by Gasteiger charge is -2.14. The lowest BCUT2D eigenvalue weighted by atomic mass is 9.90. The number of nitrogens with two attached hydrogens (primary N) is 1. The third-order valence-electron chi connectivity index (χ3n) is 2.46. The largest absolute Gasteiger partial charge is 0.399 e. The first-order valence-corrected chi connectivity index (χ1v) is 6.90. The van der Waals surface area contributed by atoms with Crippen LogP contribution in [0, 0.1) is 16.7 Å². The summed E-state index contributed by atoms with van der Waals surface area (Å²) in [4.78, 5) is 1.05. The summed E-state index contributed by atoms with van der Waals surface area (Å²) in [5, 5.41) is 9.60. The van der Waals surface area contributed by atoms with Crippen LogP contribution in [0.2, 0.25) is 5.02 Å². The van der Waals surface area contributed by atoms with Gasteiger partial charge in [-0.3, -0.25) is 0 Å². The van der Waals surface area contributed by atoms with E-state index in [-0.39, 0.29) is 5.41 Å². The zero-order valence-corrected chi connectivity index (χ0v) is 11.7. The summed E-state index contributed by atoms with van der Waals surface area (Å²) >= 11 is 7.78. The minimum atomic E-state index is -0.231. The molecule has 1 rings (SSSR count). The molecule has 0 aliphatic rings. The quantitative estimate of drug-likeness (QED) is 0.491. The average molecular weight is 269 g/mol. The number of benzene rings is 1. The van der Waals surface area contributed by atoms with Gasteiger partial charge in [-0.25, -0.2) is 0 Å². The van der Waals surface area contributed by atoms with E-state index in [0.717, 1.165) is 23.5 Å². The number of nitrogens with zero attached hydrogens (tertiary/aromatic N) is 1. The van der Waals surface area contributed by atoms with Crippen LogP contribution in [0.4, 0.5) is 5.69 Å². The van der Waals surface area contributed by atoms with Crippen molar-refractivity contribution < 1.29 is 0 Å². The zero-order chi connectivity index (χ0) is 12.9. The number of nitriles is 1. The van der Waals surface area contributed by atoms with E-state index in [4.69, 9.17) is 22.6 Å². The summed E-state index contributed by atoms with van der Waals surface area (Å²) in [6, 6.07) is 7.87. The lowest BCUT2D eigenvalue weighted by molar-refractivity contribution is 0.448. The van der Waals surface area contributed by atoms with Crippen molar-refractivity contribution in [3.8, 4) is 6.07 Å². The van der Waals surface area contributed by atoms with Crippen LogP contribution in [0.25, 0.3) is 0 Å². The van der Waals surface area contributed by atoms with Gasteiger partial charge in [0.2, 0.25) is 0 Å². The molecule has 0 unspecified atom stereocenters. The fraction of sp³-hybridized carbons (Fsp3) is 0.462. The van der Waals surface area contributed by atoms with E-state index in [1.807, 2.05) is 26.0 Å². The molecule has 17 heavy (non-hydrogen) atoms. The van der Waals surface area contributed by atoms with Crippen molar-refractivity contribution in [3.05, 3.63) is 23.2 Å². The van der Waals surface area contributed by atoms with Crippen molar-refractivity contribution in [1.29, 1.82) is 5.26 Å². The van der Waals surface area contributed by atoms with Crippen LogP contribution in [0.3, 0.4) is 0 Å². The van der Waals surface area contributed by atoms with Crippen molar-refractivity contribution >= 4 is 29.1 Å². The molecule has 0 aliphatic heterocycles. The van der Waals surface area contributed by atoms with Crippen LogP contribution >= 0.6 is 23.4 Å². The van der Waals surface area contributed by atoms with Crippen LogP contribution in [-0.2, 0) is 0 Å². The van der Waals surface area contributed by atoms with E-state index in [9.17, 15) is 0 Å². The standard InChI is InChI=1S/C13H17ClN2S/c1-13(2,9-15)6-3-7-17-12-5-4-10(16)8-11(12)14/h4-5,8H,3,6-7,16H2,1-2H3. The molecule has 0 bridgehead atoms. The van der Waals surface area contributed by atoms with Gasteiger partial charge in [-0.05, 0) is 50.6 Å². The second kappa shape index (κ2) is 6.18. The molecular weight excluding hydrogens is 252 g/mol. The molecule has 0 radical (unpaired) electrons. The summed E-state index contributed by atoms with van der Waals surface area (Å²) in [6.07, 6.45) is 1.91. The van der Waals surface area contributed by atoms with Gasteiger partial charge in [0.1, 0.15) is 0 Å². The van der Waals surface area contributed by atoms with E-state index >= 15 is 0 Å². The molecule has 0 spiro atoms. The van der Waals surface area contributed by atoms with Crippen LogP contribution in [0.1, 0.15) is 26.7 Å². The fourth-order valence-electron chi connectivity index (χ4n) is 1.39. The highest BCUT2D eigenvalue weighted by Crippen LogP contribution is 2.30. The highest BCUT2D eigenvalue weighted by Gasteiger charge is 2.15. The third kappa shape index (κ3) is 4.89. The molecule has 0 fully saturated rings. The molecule has 0 aliphatic carbocycles. The van der Waals surface area contributed by atoms with Gasteiger partial charge in [0.25, 0.3) is 0 Å². The molecule has 2 nitrogen and oxygen atoms in total. The molecule has 92 valence electrons. The number of nitrogen functional groups attached to an aromatic ring is 1. The van der Waals surface area contributed by atoms with Gasteiger partial charge in [-0.2, -0.15) is 5.26 Å². The molecule has 0 saturated carbocycles.